The number of hydrogen-bond acceptors (Lipinski definition) is 5. The Kier molecular flexibility index (Phi) is 7.56. The van der Waals surface area contributed by atoms with Gasteiger partial charge >= 0.3 is 0 Å². The number of aryl methyl sites for hydroxylation is 2. The lowest BCUT2D eigenvalue weighted by molar-refractivity contribution is -0.133. The Bertz CT molecular complexity index is 778. The number of aromatic nitrogens is 1. The molecular formula is C21H28N4O2S. The van der Waals surface area contributed by atoms with Crippen LogP contribution in [0.4, 0.5) is 0 Å². The number of nitrogens with one attached hydrogen (secondary N) is 2. The van der Waals surface area contributed by atoms with E-state index in [9.17, 15) is 9.59 Å². The summed E-state index contributed by atoms with van der Waals surface area (Å²) in [6, 6.07) is 9.85. The summed E-state index contributed by atoms with van der Waals surface area (Å²) in [4.78, 5) is 32.4. The van der Waals surface area contributed by atoms with E-state index in [1.54, 1.807) is 11.3 Å². The molecule has 6 nitrogen and oxygen atoms in total. The molecule has 1 aliphatic rings. The number of hydrogen-bond donors (Lipinski definition) is 2. The van der Waals surface area contributed by atoms with Gasteiger partial charge in [-0.05, 0) is 31.7 Å². The summed E-state index contributed by atoms with van der Waals surface area (Å²) in [7, 11) is 0. The van der Waals surface area contributed by atoms with Crippen LogP contribution in [0.15, 0.2) is 35.8 Å². The van der Waals surface area contributed by atoms with Gasteiger partial charge in [-0.15, -0.1) is 11.3 Å². The molecule has 1 fully saturated rings. The van der Waals surface area contributed by atoms with Gasteiger partial charge in [0, 0.05) is 31.1 Å². The molecule has 1 atom stereocenters. The molecule has 2 amide bonds. The minimum atomic E-state index is -0.388. The van der Waals surface area contributed by atoms with E-state index in [0.29, 0.717) is 13.1 Å². The average Bonchev–Trinajstić information content (AvgIpc) is 3.11. The van der Waals surface area contributed by atoms with E-state index in [4.69, 9.17) is 0 Å². The van der Waals surface area contributed by atoms with Crippen LogP contribution in [-0.4, -0.2) is 53.9 Å². The summed E-state index contributed by atoms with van der Waals surface area (Å²) in [5.74, 6) is -0.109. The normalized spacial score (nSPS) is 17.3. The minimum Gasteiger partial charge on any atom is -0.356 e. The largest absolute Gasteiger partial charge is 0.356 e. The van der Waals surface area contributed by atoms with Crippen LogP contribution < -0.4 is 10.6 Å². The van der Waals surface area contributed by atoms with Gasteiger partial charge < -0.3 is 10.6 Å². The number of rotatable bonds is 9. The lowest BCUT2D eigenvalue weighted by Gasteiger charge is -2.34. The number of thiazole rings is 1. The number of amides is 2. The number of nitrogens with zero attached hydrogens (tertiary/aromatic N) is 2. The molecule has 0 bridgehead atoms. The van der Waals surface area contributed by atoms with Crippen LogP contribution in [0.1, 0.15) is 29.0 Å². The van der Waals surface area contributed by atoms with Crippen molar-refractivity contribution in [2.45, 2.75) is 38.6 Å². The van der Waals surface area contributed by atoms with E-state index in [0.717, 1.165) is 38.0 Å². The first-order chi connectivity index (χ1) is 13.6. The topological polar surface area (TPSA) is 74.3 Å². The molecular weight excluding hydrogens is 372 g/mol. The van der Waals surface area contributed by atoms with E-state index in [2.05, 4.69) is 32.7 Å². The second kappa shape index (κ2) is 10.3. The molecule has 1 aliphatic heterocycles. The van der Waals surface area contributed by atoms with Crippen molar-refractivity contribution in [1.82, 2.24) is 20.5 Å². The quantitative estimate of drug-likeness (QED) is 0.631. The number of piperazine rings is 1. The summed E-state index contributed by atoms with van der Waals surface area (Å²) in [5.41, 5.74) is 4.17. The fraction of sp³-hybridized carbons (Fsp3) is 0.476. The van der Waals surface area contributed by atoms with Gasteiger partial charge in [0.2, 0.25) is 11.8 Å². The highest BCUT2D eigenvalue weighted by Gasteiger charge is 2.31. The highest BCUT2D eigenvalue weighted by molar-refractivity contribution is 7.09. The van der Waals surface area contributed by atoms with Crippen molar-refractivity contribution in [3.05, 3.63) is 52.0 Å². The standard InChI is InChI=1S/C21H28N4O2S/c1-16-19(28-15-24-16)8-5-10-22-20(26)14-18-21(27)23-11-13-25(18)12-9-17-6-3-2-4-7-17/h2-4,6-7,15,18H,5,8-14H2,1H3,(H,22,26)(H,23,27). The molecule has 0 aliphatic carbocycles. The SMILES string of the molecule is Cc1ncsc1CCCNC(=O)CC1C(=O)NCCN1CCc1ccccc1. The van der Waals surface area contributed by atoms with Crippen LogP contribution in [0.5, 0.6) is 0 Å². The Morgan fingerprint density at radius 1 is 1.32 bits per heavy atom. The van der Waals surface area contributed by atoms with Gasteiger partial charge in [0.15, 0.2) is 0 Å². The van der Waals surface area contributed by atoms with Gasteiger partial charge in [0.1, 0.15) is 0 Å². The molecule has 1 aromatic carbocycles. The van der Waals surface area contributed by atoms with Crippen molar-refractivity contribution in [2.24, 2.45) is 0 Å². The maximum Gasteiger partial charge on any atom is 0.237 e. The molecule has 2 N–H and O–H groups in total. The molecule has 0 saturated carbocycles. The Morgan fingerprint density at radius 2 is 2.14 bits per heavy atom. The van der Waals surface area contributed by atoms with E-state index in [1.807, 2.05) is 30.6 Å². The van der Waals surface area contributed by atoms with Crippen LogP contribution in [0, 0.1) is 6.92 Å². The van der Waals surface area contributed by atoms with Crippen molar-refractivity contribution >= 4 is 23.2 Å². The fourth-order valence-corrected chi connectivity index (χ4v) is 4.28. The molecule has 1 aromatic heterocycles. The van der Waals surface area contributed by atoms with Crippen molar-refractivity contribution in [2.75, 3.05) is 26.2 Å². The van der Waals surface area contributed by atoms with Gasteiger partial charge in [-0.25, -0.2) is 4.98 Å². The molecule has 0 spiro atoms. The predicted octanol–water partition coefficient (Wildman–Crippen LogP) is 1.93. The molecule has 28 heavy (non-hydrogen) atoms. The van der Waals surface area contributed by atoms with E-state index >= 15 is 0 Å². The van der Waals surface area contributed by atoms with E-state index in [1.165, 1.54) is 10.4 Å². The predicted molar refractivity (Wildman–Crippen MR) is 111 cm³/mol. The number of benzene rings is 1. The molecule has 2 aromatic rings. The first-order valence-electron chi connectivity index (χ1n) is 9.85. The summed E-state index contributed by atoms with van der Waals surface area (Å²) in [6.45, 7) is 4.83. The second-order valence-electron chi connectivity index (χ2n) is 7.10. The lowest BCUT2D eigenvalue weighted by atomic mass is 10.1. The summed E-state index contributed by atoms with van der Waals surface area (Å²) in [5, 5.41) is 5.86. The molecule has 7 heteroatoms. The molecule has 150 valence electrons. The Hall–Kier alpha value is -2.25. The van der Waals surface area contributed by atoms with Crippen LogP contribution in [-0.2, 0) is 22.4 Å². The third-order valence-electron chi connectivity index (χ3n) is 5.10. The van der Waals surface area contributed by atoms with E-state index < -0.39 is 0 Å². The zero-order valence-electron chi connectivity index (χ0n) is 16.3. The van der Waals surface area contributed by atoms with Gasteiger partial charge in [0.05, 0.1) is 23.7 Å². The monoisotopic (exact) mass is 400 g/mol. The van der Waals surface area contributed by atoms with Crippen LogP contribution >= 0.6 is 11.3 Å². The summed E-state index contributed by atoms with van der Waals surface area (Å²) in [6.07, 6.45) is 2.88. The molecule has 1 unspecified atom stereocenters. The molecule has 3 rings (SSSR count). The first-order valence-corrected chi connectivity index (χ1v) is 10.7. The van der Waals surface area contributed by atoms with E-state index in [-0.39, 0.29) is 24.3 Å². The summed E-state index contributed by atoms with van der Waals surface area (Å²) >= 11 is 1.66. The highest BCUT2D eigenvalue weighted by Crippen LogP contribution is 2.14. The van der Waals surface area contributed by atoms with Gasteiger partial charge in [0.25, 0.3) is 0 Å². The Labute approximate surface area is 170 Å². The third-order valence-corrected chi connectivity index (χ3v) is 6.09. The average molecular weight is 401 g/mol. The fourth-order valence-electron chi connectivity index (χ4n) is 3.46. The molecule has 1 saturated heterocycles. The lowest BCUT2D eigenvalue weighted by Crippen LogP contribution is -2.56. The summed E-state index contributed by atoms with van der Waals surface area (Å²) < 4.78 is 0. The van der Waals surface area contributed by atoms with Gasteiger partial charge in [-0.2, -0.15) is 0 Å². The Morgan fingerprint density at radius 3 is 2.89 bits per heavy atom. The third kappa shape index (κ3) is 5.87. The second-order valence-corrected chi connectivity index (χ2v) is 8.04. The zero-order chi connectivity index (χ0) is 19.8. The van der Waals surface area contributed by atoms with Crippen LogP contribution in [0.2, 0.25) is 0 Å². The van der Waals surface area contributed by atoms with Crippen molar-refractivity contribution in [3.8, 4) is 0 Å². The number of carbonyl (C=O) groups is 2. The van der Waals surface area contributed by atoms with Crippen LogP contribution in [0.3, 0.4) is 0 Å². The van der Waals surface area contributed by atoms with Gasteiger partial charge in [-0.3, -0.25) is 14.5 Å². The Balaban J connectivity index is 1.44. The van der Waals surface area contributed by atoms with Crippen molar-refractivity contribution in [1.29, 1.82) is 0 Å². The molecule has 0 radical (unpaired) electrons. The maximum atomic E-state index is 12.4. The van der Waals surface area contributed by atoms with Crippen molar-refractivity contribution in [3.63, 3.8) is 0 Å². The number of carbonyl (C=O) groups excluding carboxylic acids is 2. The zero-order valence-corrected chi connectivity index (χ0v) is 17.1. The smallest absolute Gasteiger partial charge is 0.237 e. The van der Waals surface area contributed by atoms with Gasteiger partial charge in [-0.1, -0.05) is 30.3 Å². The molecule has 2 heterocycles. The van der Waals surface area contributed by atoms with Crippen LogP contribution in [0.25, 0.3) is 0 Å². The van der Waals surface area contributed by atoms with Crippen molar-refractivity contribution < 1.29 is 9.59 Å². The maximum absolute atomic E-state index is 12.4. The minimum absolute atomic E-state index is 0.0465. The first kappa shape index (κ1) is 20.5. The highest BCUT2D eigenvalue weighted by atomic mass is 32.1.